The molecule has 1 fully saturated rings. The predicted molar refractivity (Wildman–Crippen MR) is 64.8 cm³/mol. The predicted octanol–water partition coefficient (Wildman–Crippen LogP) is 0.873. The van der Waals surface area contributed by atoms with Gasteiger partial charge in [-0.05, 0) is 30.5 Å². The molecule has 1 aliphatic carbocycles. The van der Waals surface area contributed by atoms with E-state index in [9.17, 15) is 4.79 Å². The van der Waals surface area contributed by atoms with E-state index in [-0.39, 0.29) is 6.04 Å². The molecule has 0 radical (unpaired) electrons. The average molecular weight is 233 g/mol. The molecular formula is C12H15N3O2. The van der Waals surface area contributed by atoms with Gasteiger partial charge in [-0.3, -0.25) is 4.98 Å². The number of aromatic nitrogens is 1. The van der Waals surface area contributed by atoms with Gasteiger partial charge in [0.25, 0.3) is 0 Å². The third-order valence-electron chi connectivity index (χ3n) is 3.07. The van der Waals surface area contributed by atoms with E-state index in [4.69, 9.17) is 10.2 Å². The van der Waals surface area contributed by atoms with Crippen LogP contribution < -0.4 is 16.8 Å². The third-order valence-corrected chi connectivity index (χ3v) is 3.07. The minimum absolute atomic E-state index is 0.0570. The van der Waals surface area contributed by atoms with Crippen LogP contribution in [-0.2, 0) is 0 Å². The standard InChI is InChI=1S/C12H15N3O2/c13-9(6-14-8-2-3-8)7-1-4-11-10(5-7)15-12(16)17-11/h1,4-5,8-9,14H,2-3,6,13H2,(H,15,16). The van der Waals surface area contributed by atoms with E-state index in [0.29, 0.717) is 17.1 Å². The zero-order valence-corrected chi connectivity index (χ0v) is 9.40. The lowest BCUT2D eigenvalue weighted by molar-refractivity contribution is 0.555. The molecule has 2 aromatic rings. The van der Waals surface area contributed by atoms with Gasteiger partial charge in [-0.2, -0.15) is 0 Å². The Morgan fingerprint density at radius 1 is 1.53 bits per heavy atom. The molecule has 1 atom stereocenters. The average Bonchev–Trinajstić information content (AvgIpc) is 3.06. The highest BCUT2D eigenvalue weighted by molar-refractivity contribution is 5.72. The second kappa shape index (κ2) is 4.01. The monoisotopic (exact) mass is 233 g/mol. The van der Waals surface area contributed by atoms with Crippen molar-refractivity contribution in [1.29, 1.82) is 0 Å². The van der Waals surface area contributed by atoms with Crippen LogP contribution in [0.5, 0.6) is 0 Å². The maximum Gasteiger partial charge on any atom is 0.417 e. The summed E-state index contributed by atoms with van der Waals surface area (Å²) >= 11 is 0. The Morgan fingerprint density at radius 3 is 3.12 bits per heavy atom. The molecule has 90 valence electrons. The Morgan fingerprint density at radius 2 is 2.35 bits per heavy atom. The number of H-pyrrole nitrogens is 1. The van der Waals surface area contributed by atoms with Crippen LogP contribution in [0.15, 0.2) is 27.4 Å². The van der Waals surface area contributed by atoms with Crippen LogP contribution >= 0.6 is 0 Å². The number of benzene rings is 1. The van der Waals surface area contributed by atoms with E-state index in [1.165, 1.54) is 12.8 Å². The first kappa shape index (κ1) is 10.6. The number of oxazole rings is 1. The molecule has 0 bridgehead atoms. The number of nitrogens with two attached hydrogens (primary N) is 1. The third kappa shape index (κ3) is 2.25. The Hall–Kier alpha value is -1.59. The van der Waals surface area contributed by atoms with Crippen molar-refractivity contribution in [2.45, 2.75) is 24.9 Å². The maximum absolute atomic E-state index is 11.0. The summed E-state index contributed by atoms with van der Waals surface area (Å²) in [4.78, 5) is 13.7. The molecule has 5 heteroatoms. The van der Waals surface area contributed by atoms with Crippen molar-refractivity contribution in [2.75, 3.05) is 6.54 Å². The summed E-state index contributed by atoms with van der Waals surface area (Å²) in [5.74, 6) is -0.429. The van der Waals surface area contributed by atoms with Gasteiger partial charge < -0.3 is 15.5 Å². The molecule has 1 unspecified atom stereocenters. The molecule has 0 spiro atoms. The quantitative estimate of drug-likeness (QED) is 0.731. The normalized spacial score (nSPS) is 17.5. The highest BCUT2D eigenvalue weighted by Crippen LogP contribution is 2.21. The second-order valence-corrected chi connectivity index (χ2v) is 4.56. The molecule has 1 aromatic heterocycles. The van der Waals surface area contributed by atoms with E-state index in [1.807, 2.05) is 12.1 Å². The van der Waals surface area contributed by atoms with Gasteiger partial charge in [-0.15, -0.1) is 0 Å². The summed E-state index contributed by atoms with van der Waals surface area (Å²) in [5.41, 5.74) is 8.36. The molecule has 0 amide bonds. The number of hydrogen-bond donors (Lipinski definition) is 3. The van der Waals surface area contributed by atoms with E-state index < -0.39 is 5.76 Å². The van der Waals surface area contributed by atoms with Crippen molar-refractivity contribution >= 4 is 11.1 Å². The first-order valence-corrected chi connectivity index (χ1v) is 5.84. The topological polar surface area (TPSA) is 84.0 Å². The van der Waals surface area contributed by atoms with Gasteiger partial charge in [0.05, 0.1) is 5.52 Å². The molecule has 1 heterocycles. The number of fused-ring (bicyclic) bond motifs is 1. The first-order valence-electron chi connectivity index (χ1n) is 5.84. The lowest BCUT2D eigenvalue weighted by Crippen LogP contribution is -2.28. The molecule has 4 N–H and O–H groups in total. The maximum atomic E-state index is 11.0. The molecule has 0 aliphatic heterocycles. The Bertz CT molecular complexity index is 583. The molecule has 1 aromatic carbocycles. The zero-order chi connectivity index (χ0) is 11.8. The summed E-state index contributed by atoms with van der Waals surface area (Å²) < 4.78 is 4.94. The Balaban J connectivity index is 1.80. The van der Waals surface area contributed by atoms with Gasteiger partial charge in [0, 0.05) is 18.6 Å². The van der Waals surface area contributed by atoms with Gasteiger partial charge in [-0.25, -0.2) is 4.79 Å². The summed E-state index contributed by atoms with van der Waals surface area (Å²) in [5, 5.41) is 3.39. The highest BCUT2D eigenvalue weighted by Gasteiger charge is 2.21. The molecule has 0 saturated heterocycles. The lowest BCUT2D eigenvalue weighted by Gasteiger charge is -2.12. The number of hydrogen-bond acceptors (Lipinski definition) is 4. The summed E-state index contributed by atoms with van der Waals surface area (Å²) in [6, 6.07) is 6.15. The number of rotatable bonds is 4. The smallest absolute Gasteiger partial charge is 0.408 e. The van der Waals surface area contributed by atoms with Crippen LogP contribution in [0.25, 0.3) is 11.1 Å². The number of nitrogens with one attached hydrogen (secondary N) is 2. The largest absolute Gasteiger partial charge is 0.417 e. The van der Waals surface area contributed by atoms with Crippen LogP contribution in [0.3, 0.4) is 0 Å². The fraction of sp³-hybridized carbons (Fsp3) is 0.417. The van der Waals surface area contributed by atoms with Crippen LogP contribution in [0.1, 0.15) is 24.4 Å². The molecule has 1 saturated carbocycles. The Labute approximate surface area is 98.0 Å². The van der Waals surface area contributed by atoms with Crippen molar-refractivity contribution in [2.24, 2.45) is 5.73 Å². The fourth-order valence-electron chi connectivity index (χ4n) is 1.90. The SMILES string of the molecule is NC(CNC1CC1)c1ccc2oc(=O)[nH]c2c1. The van der Waals surface area contributed by atoms with Crippen molar-refractivity contribution in [1.82, 2.24) is 10.3 Å². The summed E-state index contributed by atoms with van der Waals surface area (Å²) in [6.07, 6.45) is 2.50. The van der Waals surface area contributed by atoms with Crippen molar-refractivity contribution < 1.29 is 4.42 Å². The van der Waals surface area contributed by atoms with Crippen LogP contribution in [0.4, 0.5) is 0 Å². The minimum Gasteiger partial charge on any atom is -0.408 e. The van der Waals surface area contributed by atoms with Crippen LogP contribution in [-0.4, -0.2) is 17.6 Å². The van der Waals surface area contributed by atoms with E-state index in [1.54, 1.807) is 6.07 Å². The van der Waals surface area contributed by atoms with E-state index in [2.05, 4.69) is 10.3 Å². The van der Waals surface area contributed by atoms with Crippen molar-refractivity contribution in [3.05, 3.63) is 34.3 Å². The second-order valence-electron chi connectivity index (χ2n) is 4.56. The van der Waals surface area contributed by atoms with Crippen molar-refractivity contribution in [3.8, 4) is 0 Å². The molecule has 3 rings (SSSR count). The first-order chi connectivity index (χ1) is 8.22. The van der Waals surface area contributed by atoms with Crippen LogP contribution in [0, 0.1) is 0 Å². The van der Waals surface area contributed by atoms with Gasteiger partial charge in [0.2, 0.25) is 0 Å². The van der Waals surface area contributed by atoms with Crippen LogP contribution in [0.2, 0.25) is 0 Å². The van der Waals surface area contributed by atoms with Gasteiger partial charge in [0.1, 0.15) is 0 Å². The fourth-order valence-corrected chi connectivity index (χ4v) is 1.90. The highest BCUT2D eigenvalue weighted by atomic mass is 16.4. The minimum atomic E-state index is -0.429. The summed E-state index contributed by atoms with van der Waals surface area (Å²) in [6.45, 7) is 0.762. The van der Waals surface area contributed by atoms with E-state index in [0.717, 1.165) is 12.1 Å². The molecule has 1 aliphatic rings. The molecule has 5 nitrogen and oxygen atoms in total. The van der Waals surface area contributed by atoms with Gasteiger partial charge in [-0.1, -0.05) is 6.07 Å². The lowest BCUT2D eigenvalue weighted by atomic mass is 10.1. The van der Waals surface area contributed by atoms with E-state index >= 15 is 0 Å². The molecule has 17 heavy (non-hydrogen) atoms. The molecular weight excluding hydrogens is 218 g/mol. The zero-order valence-electron chi connectivity index (χ0n) is 9.40. The number of aromatic amines is 1. The summed E-state index contributed by atoms with van der Waals surface area (Å²) in [7, 11) is 0. The van der Waals surface area contributed by atoms with Gasteiger partial charge in [0.15, 0.2) is 5.58 Å². The van der Waals surface area contributed by atoms with Crippen molar-refractivity contribution in [3.63, 3.8) is 0 Å². The Kier molecular flexibility index (Phi) is 2.49. The van der Waals surface area contributed by atoms with Gasteiger partial charge >= 0.3 is 5.76 Å².